The van der Waals surface area contributed by atoms with E-state index >= 15 is 0 Å². The van der Waals surface area contributed by atoms with Crippen molar-refractivity contribution < 1.29 is 14.3 Å². The van der Waals surface area contributed by atoms with Gasteiger partial charge in [0.2, 0.25) is 0 Å². The second-order valence-corrected chi connectivity index (χ2v) is 7.54. The van der Waals surface area contributed by atoms with E-state index in [0.717, 1.165) is 49.7 Å². The van der Waals surface area contributed by atoms with Gasteiger partial charge in [0, 0.05) is 5.57 Å². The average Bonchev–Trinajstić information content (AvgIpc) is 3.06. The van der Waals surface area contributed by atoms with E-state index in [1.54, 1.807) is 0 Å². The van der Waals surface area contributed by atoms with Gasteiger partial charge >= 0.3 is 5.97 Å². The van der Waals surface area contributed by atoms with E-state index in [9.17, 15) is 4.79 Å². The number of fused-ring (bicyclic) bond motifs is 2. The van der Waals surface area contributed by atoms with Crippen LogP contribution in [0.4, 0.5) is 0 Å². The molecule has 2 aliphatic heterocycles. The Morgan fingerprint density at radius 2 is 1.91 bits per heavy atom. The van der Waals surface area contributed by atoms with E-state index in [2.05, 4.69) is 32.9 Å². The number of hydrogen-bond donors (Lipinski definition) is 0. The summed E-state index contributed by atoms with van der Waals surface area (Å²) in [5.74, 6) is -0.160. The maximum absolute atomic E-state index is 12.0. The van der Waals surface area contributed by atoms with E-state index in [4.69, 9.17) is 9.47 Å². The molecule has 0 unspecified atom stereocenters. The molecule has 0 amide bonds. The molecule has 0 aromatic carbocycles. The highest BCUT2D eigenvalue weighted by molar-refractivity contribution is 5.92. The third-order valence-corrected chi connectivity index (χ3v) is 5.56. The number of ether oxygens (including phenoxy) is 2. The molecule has 0 bridgehead atoms. The summed E-state index contributed by atoms with van der Waals surface area (Å²) in [6, 6.07) is 0. The van der Waals surface area contributed by atoms with Gasteiger partial charge in [-0.3, -0.25) is 0 Å². The van der Waals surface area contributed by atoms with Crippen LogP contribution in [0.3, 0.4) is 0 Å². The third-order valence-electron chi connectivity index (χ3n) is 5.56. The molecule has 0 radical (unpaired) electrons. The van der Waals surface area contributed by atoms with Crippen molar-refractivity contribution in [1.29, 1.82) is 0 Å². The first-order chi connectivity index (χ1) is 10.9. The predicted octanol–water partition coefficient (Wildman–Crippen LogP) is 4.63. The van der Waals surface area contributed by atoms with Crippen molar-refractivity contribution in [2.75, 3.05) is 0 Å². The van der Waals surface area contributed by atoms with Crippen LogP contribution in [0.1, 0.15) is 66.2 Å². The Morgan fingerprint density at radius 3 is 2.70 bits per heavy atom. The zero-order valence-electron chi connectivity index (χ0n) is 14.8. The summed E-state index contributed by atoms with van der Waals surface area (Å²) >= 11 is 0. The fourth-order valence-corrected chi connectivity index (χ4v) is 3.69. The van der Waals surface area contributed by atoms with Crippen LogP contribution in [0.25, 0.3) is 0 Å². The van der Waals surface area contributed by atoms with Crippen LogP contribution in [0.15, 0.2) is 34.4 Å². The summed E-state index contributed by atoms with van der Waals surface area (Å²) in [4.78, 5) is 12.0. The summed E-state index contributed by atoms with van der Waals surface area (Å²) in [6.45, 7) is 8.44. The molecule has 3 atom stereocenters. The maximum Gasteiger partial charge on any atom is 0.334 e. The van der Waals surface area contributed by atoms with Crippen molar-refractivity contribution in [3.63, 3.8) is 0 Å². The second-order valence-electron chi connectivity index (χ2n) is 7.54. The normalized spacial score (nSPS) is 40.1. The van der Waals surface area contributed by atoms with E-state index in [1.807, 2.05) is 6.92 Å². The van der Waals surface area contributed by atoms with Crippen LogP contribution in [0, 0.1) is 0 Å². The lowest BCUT2D eigenvalue weighted by Gasteiger charge is -2.14. The van der Waals surface area contributed by atoms with Crippen molar-refractivity contribution >= 4 is 5.97 Å². The Hall–Kier alpha value is -1.35. The molecule has 1 fully saturated rings. The lowest BCUT2D eigenvalue weighted by atomic mass is 9.91. The van der Waals surface area contributed by atoms with E-state index in [0.29, 0.717) is 6.10 Å². The summed E-state index contributed by atoms with van der Waals surface area (Å²) < 4.78 is 11.5. The molecular formula is C20H28O3. The number of allylic oxidation sites excluding steroid dienone is 3. The van der Waals surface area contributed by atoms with Crippen LogP contribution >= 0.6 is 0 Å². The van der Waals surface area contributed by atoms with E-state index in [-0.39, 0.29) is 17.7 Å². The molecule has 2 heterocycles. The van der Waals surface area contributed by atoms with Crippen LogP contribution in [-0.2, 0) is 14.3 Å². The molecule has 0 spiro atoms. The summed E-state index contributed by atoms with van der Waals surface area (Å²) in [5.41, 5.74) is 4.67. The van der Waals surface area contributed by atoms with Gasteiger partial charge in [-0.15, -0.1) is 0 Å². The van der Waals surface area contributed by atoms with Gasteiger partial charge in [0.1, 0.15) is 6.10 Å². The van der Waals surface area contributed by atoms with Crippen molar-refractivity contribution in [3.05, 3.63) is 34.4 Å². The molecule has 1 saturated heterocycles. The van der Waals surface area contributed by atoms with Crippen LogP contribution in [0.5, 0.6) is 0 Å². The SMILES string of the molecule is CC1=C2CC[C@@]3(C)O[C@@H]3CC/C(C)=C/CC/C(C)=C/[C@H]2OC1=O. The highest BCUT2D eigenvalue weighted by atomic mass is 16.6. The number of rotatable bonds is 0. The molecule has 3 aliphatic rings. The maximum atomic E-state index is 12.0. The van der Waals surface area contributed by atoms with Crippen molar-refractivity contribution in [1.82, 2.24) is 0 Å². The van der Waals surface area contributed by atoms with Crippen LogP contribution in [0.2, 0.25) is 0 Å². The molecular weight excluding hydrogens is 288 g/mol. The summed E-state index contributed by atoms with van der Waals surface area (Å²) in [6.07, 6.45) is 10.8. The summed E-state index contributed by atoms with van der Waals surface area (Å²) in [5, 5.41) is 0. The van der Waals surface area contributed by atoms with Gasteiger partial charge in [-0.1, -0.05) is 17.2 Å². The minimum Gasteiger partial charge on any atom is -0.450 e. The molecule has 0 aromatic heterocycles. The van der Waals surface area contributed by atoms with Crippen molar-refractivity contribution in [2.45, 2.75) is 84.0 Å². The standard InChI is InChI=1S/C20H28O3/c1-13-6-5-7-14(2)12-17-16(15(3)19(21)22-17)10-11-20(4)18(23-20)9-8-13/h6,12,17-18H,5,7-11H2,1-4H3/b13-6+,14-12+/t17-,18-,20-/m1/s1. The highest BCUT2D eigenvalue weighted by Gasteiger charge is 2.51. The molecule has 3 rings (SSSR count). The molecule has 3 nitrogen and oxygen atoms in total. The minimum absolute atomic E-state index is 0.0212. The highest BCUT2D eigenvalue weighted by Crippen LogP contribution is 2.45. The van der Waals surface area contributed by atoms with E-state index in [1.165, 1.54) is 11.1 Å². The van der Waals surface area contributed by atoms with Gasteiger partial charge in [-0.25, -0.2) is 4.79 Å². The Kier molecular flexibility index (Phi) is 4.50. The van der Waals surface area contributed by atoms with Gasteiger partial charge in [-0.2, -0.15) is 0 Å². The topological polar surface area (TPSA) is 38.8 Å². The molecule has 0 aromatic rings. The van der Waals surface area contributed by atoms with Gasteiger partial charge in [0.15, 0.2) is 0 Å². The Morgan fingerprint density at radius 1 is 1.13 bits per heavy atom. The molecule has 0 N–H and O–H groups in total. The van der Waals surface area contributed by atoms with Gasteiger partial charge in [0.05, 0.1) is 11.7 Å². The fraction of sp³-hybridized carbons (Fsp3) is 0.650. The first-order valence-corrected chi connectivity index (χ1v) is 8.80. The number of epoxide rings is 1. The molecule has 23 heavy (non-hydrogen) atoms. The molecule has 3 heteroatoms. The Balaban J connectivity index is 1.82. The summed E-state index contributed by atoms with van der Waals surface area (Å²) in [7, 11) is 0. The average molecular weight is 316 g/mol. The lowest BCUT2D eigenvalue weighted by Crippen LogP contribution is -2.14. The largest absolute Gasteiger partial charge is 0.450 e. The zero-order valence-corrected chi connectivity index (χ0v) is 14.8. The second kappa shape index (κ2) is 6.27. The minimum atomic E-state index is -0.170. The van der Waals surface area contributed by atoms with Crippen LogP contribution in [-0.4, -0.2) is 23.8 Å². The fourth-order valence-electron chi connectivity index (χ4n) is 3.69. The van der Waals surface area contributed by atoms with Gasteiger partial charge in [0.25, 0.3) is 0 Å². The first-order valence-electron chi connectivity index (χ1n) is 8.80. The number of hydrogen-bond acceptors (Lipinski definition) is 3. The molecule has 1 aliphatic carbocycles. The first kappa shape index (κ1) is 16.5. The molecule has 126 valence electrons. The number of carbonyl (C=O) groups excluding carboxylic acids is 1. The number of esters is 1. The monoisotopic (exact) mass is 316 g/mol. The lowest BCUT2D eigenvalue weighted by molar-refractivity contribution is -0.138. The molecule has 0 saturated carbocycles. The number of carbonyl (C=O) groups is 1. The van der Waals surface area contributed by atoms with E-state index < -0.39 is 0 Å². The van der Waals surface area contributed by atoms with Crippen LogP contribution < -0.4 is 0 Å². The van der Waals surface area contributed by atoms with Gasteiger partial charge < -0.3 is 9.47 Å². The predicted molar refractivity (Wildman–Crippen MR) is 91.1 cm³/mol. The Labute approximate surface area is 139 Å². The Bertz CT molecular complexity index is 596. The van der Waals surface area contributed by atoms with Crippen molar-refractivity contribution in [3.8, 4) is 0 Å². The third kappa shape index (κ3) is 3.60. The smallest absolute Gasteiger partial charge is 0.334 e. The zero-order chi connectivity index (χ0) is 16.6. The van der Waals surface area contributed by atoms with Gasteiger partial charge in [-0.05, 0) is 77.9 Å². The van der Waals surface area contributed by atoms with Crippen molar-refractivity contribution in [2.24, 2.45) is 0 Å². The quantitative estimate of drug-likeness (QED) is 0.371.